The summed E-state index contributed by atoms with van der Waals surface area (Å²) in [6.45, 7) is 2.58. The van der Waals surface area contributed by atoms with Gasteiger partial charge in [-0.2, -0.15) is 0 Å². The van der Waals surface area contributed by atoms with Crippen molar-refractivity contribution in [2.75, 3.05) is 11.9 Å². The highest BCUT2D eigenvalue weighted by molar-refractivity contribution is 5.89. The van der Waals surface area contributed by atoms with Crippen molar-refractivity contribution in [3.63, 3.8) is 0 Å². The first-order valence-electron chi connectivity index (χ1n) is 8.82. The number of amides is 2. The van der Waals surface area contributed by atoms with E-state index in [0.29, 0.717) is 12.0 Å². The minimum Gasteiger partial charge on any atom is -0.338 e. The highest BCUT2D eigenvalue weighted by Crippen LogP contribution is 2.60. The van der Waals surface area contributed by atoms with E-state index in [0.717, 1.165) is 23.4 Å². The first-order chi connectivity index (χ1) is 10.7. The molecule has 2 N–H and O–H groups in total. The van der Waals surface area contributed by atoms with Crippen LogP contribution in [0.4, 0.5) is 10.5 Å². The summed E-state index contributed by atoms with van der Waals surface area (Å²) in [5, 5.41) is 5.66. The van der Waals surface area contributed by atoms with Crippen LogP contribution >= 0.6 is 0 Å². The van der Waals surface area contributed by atoms with Gasteiger partial charge >= 0.3 is 6.03 Å². The lowest BCUT2D eigenvalue weighted by molar-refractivity contribution is -0.00518. The first-order valence-corrected chi connectivity index (χ1v) is 8.82. The molecule has 1 aromatic carbocycles. The molecule has 5 rings (SSSR count). The third-order valence-corrected chi connectivity index (χ3v) is 6.13. The Morgan fingerprint density at radius 2 is 1.59 bits per heavy atom. The lowest BCUT2D eigenvalue weighted by atomic mass is 9.48. The summed E-state index contributed by atoms with van der Waals surface area (Å²) in [6, 6.07) is 8.54. The Bertz CT molecular complexity index is 528. The molecule has 3 heteroatoms. The number of hydrogen-bond donors (Lipinski definition) is 2. The Kier molecular flexibility index (Phi) is 3.39. The molecule has 0 spiro atoms. The number of benzene rings is 1. The molecule has 4 fully saturated rings. The van der Waals surface area contributed by atoms with Crippen LogP contribution in [0.1, 0.15) is 51.0 Å². The van der Waals surface area contributed by atoms with E-state index in [2.05, 4.69) is 34.9 Å². The van der Waals surface area contributed by atoms with Gasteiger partial charge in [0, 0.05) is 12.2 Å². The van der Waals surface area contributed by atoms with Crippen LogP contribution in [0.2, 0.25) is 0 Å². The van der Waals surface area contributed by atoms with Gasteiger partial charge in [0.25, 0.3) is 0 Å². The van der Waals surface area contributed by atoms with E-state index in [9.17, 15) is 4.79 Å². The molecule has 4 saturated carbocycles. The summed E-state index contributed by atoms with van der Waals surface area (Å²) in [5.74, 6) is 2.91. The smallest absolute Gasteiger partial charge is 0.319 e. The molecule has 0 radical (unpaired) electrons. The molecular weight excluding hydrogens is 272 g/mol. The standard InChI is InChI=1S/C19H26N2O/c1-2-20-18(22)21-17-5-3-16(4-6-17)19-10-13-7-14(11-19)9-15(8-13)12-19/h3-6,13-15H,2,7-12H2,1H3,(H2,20,21,22). The Morgan fingerprint density at radius 3 is 2.09 bits per heavy atom. The Hall–Kier alpha value is -1.51. The molecule has 1 aromatic rings. The summed E-state index contributed by atoms with van der Waals surface area (Å²) in [7, 11) is 0. The monoisotopic (exact) mass is 298 g/mol. The summed E-state index contributed by atoms with van der Waals surface area (Å²) < 4.78 is 0. The van der Waals surface area contributed by atoms with Crippen LogP contribution in [-0.2, 0) is 5.41 Å². The summed E-state index contributed by atoms with van der Waals surface area (Å²) in [5.41, 5.74) is 2.84. The van der Waals surface area contributed by atoms with Crippen LogP contribution in [0.15, 0.2) is 24.3 Å². The van der Waals surface area contributed by atoms with Crippen LogP contribution in [0.25, 0.3) is 0 Å². The van der Waals surface area contributed by atoms with E-state index < -0.39 is 0 Å². The van der Waals surface area contributed by atoms with Gasteiger partial charge in [0.2, 0.25) is 0 Å². The van der Waals surface area contributed by atoms with Gasteiger partial charge in [-0.15, -0.1) is 0 Å². The molecule has 4 aliphatic rings. The van der Waals surface area contributed by atoms with Crippen molar-refractivity contribution in [3.8, 4) is 0 Å². The zero-order chi connectivity index (χ0) is 15.2. The topological polar surface area (TPSA) is 41.1 Å². The average Bonchev–Trinajstić information content (AvgIpc) is 2.46. The molecule has 0 heterocycles. The van der Waals surface area contributed by atoms with Gasteiger partial charge < -0.3 is 10.6 Å². The molecular formula is C19H26N2O. The Balaban J connectivity index is 1.52. The normalized spacial score (nSPS) is 35.4. The highest BCUT2D eigenvalue weighted by Gasteiger charge is 2.51. The average molecular weight is 298 g/mol. The maximum absolute atomic E-state index is 11.6. The second kappa shape index (κ2) is 5.29. The van der Waals surface area contributed by atoms with Crippen LogP contribution < -0.4 is 10.6 Å². The molecule has 4 bridgehead atoms. The maximum Gasteiger partial charge on any atom is 0.319 e. The number of hydrogen-bond acceptors (Lipinski definition) is 1. The Labute approximate surface area is 132 Å². The summed E-state index contributed by atoms with van der Waals surface area (Å²) in [6.07, 6.45) is 8.62. The second-order valence-electron chi connectivity index (χ2n) is 7.76. The predicted molar refractivity (Wildman–Crippen MR) is 89.0 cm³/mol. The van der Waals surface area contributed by atoms with Crippen LogP contribution in [0.5, 0.6) is 0 Å². The van der Waals surface area contributed by atoms with Crippen molar-refractivity contribution in [3.05, 3.63) is 29.8 Å². The number of urea groups is 1. The number of carbonyl (C=O) groups is 1. The number of nitrogens with one attached hydrogen (secondary N) is 2. The van der Waals surface area contributed by atoms with Crippen LogP contribution in [0.3, 0.4) is 0 Å². The van der Waals surface area contributed by atoms with Gasteiger partial charge in [-0.3, -0.25) is 0 Å². The van der Waals surface area contributed by atoms with Crippen molar-refractivity contribution >= 4 is 11.7 Å². The zero-order valence-electron chi connectivity index (χ0n) is 13.4. The minimum atomic E-state index is -0.120. The molecule has 118 valence electrons. The molecule has 0 atom stereocenters. The number of rotatable bonds is 3. The van der Waals surface area contributed by atoms with E-state index >= 15 is 0 Å². The lowest BCUT2D eigenvalue weighted by Gasteiger charge is -2.57. The molecule has 0 saturated heterocycles. The van der Waals surface area contributed by atoms with Gasteiger partial charge in [-0.1, -0.05) is 12.1 Å². The highest BCUT2D eigenvalue weighted by atomic mass is 16.2. The molecule has 3 nitrogen and oxygen atoms in total. The third kappa shape index (κ3) is 2.41. The zero-order valence-corrected chi connectivity index (χ0v) is 13.4. The van der Waals surface area contributed by atoms with Crippen molar-refractivity contribution in [1.82, 2.24) is 5.32 Å². The van der Waals surface area contributed by atoms with Gasteiger partial charge in [-0.25, -0.2) is 4.79 Å². The summed E-state index contributed by atoms with van der Waals surface area (Å²) in [4.78, 5) is 11.6. The van der Waals surface area contributed by atoms with Gasteiger partial charge in [0.05, 0.1) is 0 Å². The van der Waals surface area contributed by atoms with Crippen molar-refractivity contribution in [2.24, 2.45) is 17.8 Å². The lowest BCUT2D eigenvalue weighted by Crippen LogP contribution is -2.48. The fourth-order valence-electron chi connectivity index (χ4n) is 5.71. The summed E-state index contributed by atoms with van der Waals surface area (Å²) >= 11 is 0. The first kappa shape index (κ1) is 14.1. The molecule has 0 aromatic heterocycles. The minimum absolute atomic E-state index is 0.120. The third-order valence-electron chi connectivity index (χ3n) is 6.13. The van der Waals surface area contributed by atoms with Crippen molar-refractivity contribution in [2.45, 2.75) is 50.9 Å². The molecule has 4 aliphatic carbocycles. The van der Waals surface area contributed by atoms with Crippen molar-refractivity contribution in [1.29, 1.82) is 0 Å². The second-order valence-corrected chi connectivity index (χ2v) is 7.76. The fourth-order valence-corrected chi connectivity index (χ4v) is 5.71. The van der Waals surface area contributed by atoms with Gasteiger partial charge in [0.1, 0.15) is 0 Å². The van der Waals surface area contributed by atoms with E-state index in [1.807, 2.05) is 6.92 Å². The number of anilines is 1. The van der Waals surface area contributed by atoms with Crippen LogP contribution in [0, 0.1) is 17.8 Å². The molecule has 0 aliphatic heterocycles. The van der Waals surface area contributed by atoms with E-state index in [1.54, 1.807) is 0 Å². The van der Waals surface area contributed by atoms with E-state index in [-0.39, 0.29) is 6.03 Å². The van der Waals surface area contributed by atoms with Gasteiger partial charge in [0.15, 0.2) is 0 Å². The quantitative estimate of drug-likeness (QED) is 0.858. The van der Waals surface area contributed by atoms with Gasteiger partial charge in [-0.05, 0) is 86.3 Å². The number of carbonyl (C=O) groups excluding carboxylic acids is 1. The predicted octanol–water partition coefficient (Wildman–Crippen LogP) is 4.30. The maximum atomic E-state index is 11.6. The molecule has 0 unspecified atom stereocenters. The van der Waals surface area contributed by atoms with E-state index in [1.165, 1.54) is 44.1 Å². The SMILES string of the molecule is CCNC(=O)Nc1ccc(C23CC4CC(CC(C4)C2)C3)cc1. The van der Waals surface area contributed by atoms with Crippen molar-refractivity contribution < 1.29 is 4.79 Å². The van der Waals surface area contributed by atoms with E-state index in [4.69, 9.17) is 0 Å². The molecule has 22 heavy (non-hydrogen) atoms. The molecule has 2 amide bonds. The largest absolute Gasteiger partial charge is 0.338 e. The fraction of sp³-hybridized carbons (Fsp3) is 0.632. The van der Waals surface area contributed by atoms with Crippen LogP contribution in [-0.4, -0.2) is 12.6 Å². The Morgan fingerprint density at radius 1 is 1.05 bits per heavy atom.